The molecule has 0 spiro atoms. The van der Waals surface area contributed by atoms with E-state index < -0.39 is 11.6 Å². The van der Waals surface area contributed by atoms with Crippen molar-refractivity contribution in [3.8, 4) is 0 Å². The summed E-state index contributed by atoms with van der Waals surface area (Å²) in [7, 11) is 0. The van der Waals surface area contributed by atoms with E-state index in [1.165, 1.54) is 19.1 Å². The molecular weight excluding hydrogens is 447 g/mol. The zero-order valence-corrected chi connectivity index (χ0v) is 18.5. The van der Waals surface area contributed by atoms with Gasteiger partial charge in [-0.05, 0) is 42.5 Å². The van der Waals surface area contributed by atoms with E-state index in [-0.39, 0.29) is 24.2 Å². The molecule has 2 amide bonds. The average Bonchev–Trinajstić information content (AvgIpc) is 2.69. The van der Waals surface area contributed by atoms with Crippen LogP contribution in [0.4, 0.5) is 20.2 Å². The Hall–Kier alpha value is -2.38. The number of nitrogens with one attached hydrogen (secondary N) is 2. The maximum Gasteiger partial charge on any atom is 0.227 e. The molecule has 1 unspecified atom stereocenters. The highest BCUT2D eigenvalue weighted by Gasteiger charge is 2.30. The van der Waals surface area contributed by atoms with Crippen LogP contribution in [-0.4, -0.2) is 31.4 Å². The van der Waals surface area contributed by atoms with E-state index in [1.54, 1.807) is 17.0 Å². The van der Waals surface area contributed by atoms with Crippen LogP contribution in [-0.2, 0) is 16.0 Å². The van der Waals surface area contributed by atoms with Crippen LogP contribution in [0.2, 0.25) is 10.0 Å². The number of amides is 2. The summed E-state index contributed by atoms with van der Waals surface area (Å²) in [6.45, 7) is 2.71. The lowest BCUT2D eigenvalue weighted by Gasteiger charge is -2.34. The van der Waals surface area contributed by atoms with Crippen molar-refractivity contribution in [2.75, 3.05) is 29.9 Å². The Balaban J connectivity index is 1.72. The minimum Gasteiger partial charge on any atom is -0.383 e. The number of hydrogen-bond acceptors (Lipinski definition) is 3. The monoisotopic (exact) mass is 469 g/mol. The second kappa shape index (κ2) is 10.3. The number of rotatable bonds is 7. The molecule has 1 saturated heterocycles. The maximum absolute atomic E-state index is 14.1. The first-order valence-electron chi connectivity index (χ1n) is 9.96. The third kappa shape index (κ3) is 6.08. The van der Waals surface area contributed by atoms with Crippen molar-refractivity contribution in [1.82, 2.24) is 5.32 Å². The summed E-state index contributed by atoms with van der Waals surface area (Å²) >= 11 is 12.9. The summed E-state index contributed by atoms with van der Waals surface area (Å²) in [5, 5.41) is 6.43. The molecule has 0 aromatic heterocycles. The number of piperidine rings is 1. The fraction of sp³-hybridized carbons (Fsp3) is 0.364. The summed E-state index contributed by atoms with van der Waals surface area (Å²) in [5.74, 6) is -1.45. The third-order valence-electron chi connectivity index (χ3n) is 5.15. The van der Waals surface area contributed by atoms with E-state index in [2.05, 4.69) is 10.6 Å². The minimum atomic E-state index is -0.619. The lowest BCUT2D eigenvalue weighted by atomic mass is 9.90. The number of halogens is 4. The van der Waals surface area contributed by atoms with Crippen molar-refractivity contribution >= 4 is 46.4 Å². The molecule has 0 saturated carbocycles. The van der Waals surface area contributed by atoms with Gasteiger partial charge in [0.2, 0.25) is 11.8 Å². The van der Waals surface area contributed by atoms with Gasteiger partial charge in [0.25, 0.3) is 0 Å². The van der Waals surface area contributed by atoms with E-state index in [0.717, 1.165) is 6.07 Å². The Labute approximate surface area is 189 Å². The van der Waals surface area contributed by atoms with Gasteiger partial charge in [-0.25, -0.2) is 8.78 Å². The first-order chi connectivity index (χ1) is 14.7. The van der Waals surface area contributed by atoms with Crippen molar-refractivity contribution in [1.29, 1.82) is 0 Å². The number of benzene rings is 2. The normalized spacial score (nSPS) is 16.4. The molecule has 3 rings (SSSR count). The quantitative estimate of drug-likeness (QED) is 0.572. The Morgan fingerprint density at radius 3 is 2.52 bits per heavy atom. The fourth-order valence-corrected chi connectivity index (χ4v) is 4.36. The number of hydrogen-bond donors (Lipinski definition) is 2. The SMILES string of the molecule is CC(=O)NCCNc1cc(Cl)c(N2CC(Cc3ccc(F)cc3F)CCC2=O)c(Cl)c1. The van der Waals surface area contributed by atoms with Gasteiger partial charge in [-0.1, -0.05) is 29.3 Å². The Morgan fingerprint density at radius 1 is 1.16 bits per heavy atom. The Kier molecular flexibility index (Phi) is 7.73. The van der Waals surface area contributed by atoms with Crippen molar-refractivity contribution < 1.29 is 18.4 Å². The highest BCUT2D eigenvalue weighted by molar-refractivity contribution is 6.40. The van der Waals surface area contributed by atoms with Crippen LogP contribution >= 0.6 is 23.2 Å². The Morgan fingerprint density at radius 2 is 1.87 bits per heavy atom. The molecule has 1 aliphatic heterocycles. The molecule has 1 atom stereocenters. The highest BCUT2D eigenvalue weighted by atomic mass is 35.5. The predicted octanol–water partition coefficient (Wildman–Crippen LogP) is 4.81. The molecule has 1 heterocycles. The molecule has 2 aromatic rings. The van der Waals surface area contributed by atoms with E-state index in [1.807, 2.05) is 0 Å². The van der Waals surface area contributed by atoms with Gasteiger partial charge in [-0.3, -0.25) is 9.59 Å². The Bertz CT molecular complexity index is 964. The molecule has 5 nitrogen and oxygen atoms in total. The molecule has 166 valence electrons. The topological polar surface area (TPSA) is 61.4 Å². The van der Waals surface area contributed by atoms with Crippen LogP contribution in [0.15, 0.2) is 30.3 Å². The zero-order chi connectivity index (χ0) is 22.5. The standard InChI is InChI=1S/C22H23Cl2F2N3O2/c1-13(30)27-6-7-28-17-10-18(23)22(19(24)11-17)29-12-14(2-5-21(29)31)8-15-3-4-16(25)9-20(15)26/h3-4,9-11,14,28H,2,5-8,12H2,1H3,(H,27,30). The molecule has 2 N–H and O–H groups in total. The number of carbonyl (C=O) groups is 2. The molecule has 31 heavy (non-hydrogen) atoms. The van der Waals surface area contributed by atoms with E-state index >= 15 is 0 Å². The van der Waals surface area contributed by atoms with Crippen molar-refractivity contribution in [2.45, 2.75) is 26.2 Å². The third-order valence-corrected chi connectivity index (χ3v) is 5.72. The van der Waals surface area contributed by atoms with Gasteiger partial charge < -0.3 is 15.5 Å². The number of anilines is 2. The minimum absolute atomic E-state index is 0.0137. The van der Waals surface area contributed by atoms with Crippen LogP contribution in [0.5, 0.6) is 0 Å². The fourth-order valence-electron chi connectivity index (χ4n) is 3.67. The molecule has 0 bridgehead atoms. The van der Waals surface area contributed by atoms with Gasteiger partial charge in [-0.2, -0.15) is 0 Å². The predicted molar refractivity (Wildman–Crippen MR) is 119 cm³/mol. The molecule has 0 radical (unpaired) electrons. The van der Waals surface area contributed by atoms with Crippen LogP contribution in [0, 0.1) is 17.6 Å². The summed E-state index contributed by atoms with van der Waals surface area (Å²) in [6, 6.07) is 6.88. The van der Waals surface area contributed by atoms with Gasteiger partial charge in [0.15, 0.2) is 0 Å². The smallest absolute Gasteiger partial charge is 0.227 e. The lowest BCUT2D eigenvalue weighted by Crippen LogP contribution is -2.41. The second-order valence-corrected chi connectivity index (χ2v) is 8.36. The second-order valence-electron chi connectivity index (χ2n) is 7.55. The van der Waals surface area contributed by atoms with Gasteiger partial charge in [0, 0.05) is 44.7 Å². The van der Waals surface area contributed by atoms with E-state index in [4.69, 9.17) is 23.2 Å². The van der Waals surface area contributed by atoms with Gasteiger partial charge >= 0.3 is 0 Å². The van der Waals surface area contributed by atoms with Crippen molar-refractivity contribution in [3.63, 3.8) is 0 Å². The lowest BCUT2D eigenvalue weighted by molar-refractivity contribution is -0.120. The largest absolute Gasteiger partial charge is 0.383 e. The molecule has 1 aliphatic rings. The van der Waals surface area contributed by atoms with Crippen LogP contribution in [0.1, 0.15) is 25.3 Å². The zero-order valence-electron chi connectivity index (χ0n) is 17.0. The summed E-state index contributed by atoms with van der Waals surface area (Å²) < 4.78 is 27.2. The molecular formula is C22H23Cl2F2N3O2. The maximum atomic E-state index is 14.1. The van der Waals surface area contributed by atoms with E-state index in [0.29, 0.717) is 59.5 Å². The summed E-state index contributed by atoms with van der Waals surface area (Å²) in [6.07, 6.45) is 1.27. The summed E-state index contributed by atoms with van der Waals surface area (Å²) in [4.78, 5) is 25.1. The van der Waals surface area contributed by atoms with Gasteiger partial charge in [-0.15, -0.1) is 0 Å². The van der Waals surface area contributed by atoms with Gasteiger partial charge in [0.1, 0.15) is 11.6 Å². The van der Waals surface area contributed by atoms with Crippen LogP contribution in [0.3, 0.4) is 0 Å². The molecule has 9 heteroatoms. The summed E-state index contributed by atoms with van der Waals surface area (Å²) in [5.41, 5.74) is 1.50. The van der Waals surface area contributed by atoms with Crippen LogP contribution < -0.4 is 15.5 Å². The first-order valence-corrected chi connectivity index (χ1v) is 10.7. The first kappa shape index (κ1) is 23.3. The van der Waals surface area contributed by atoms with Gasteiger partial charge in [0.05, 0.1) is 15.7 Å². The number of nitrogens with zero attached hydrogens (tertiary/aromatic N) is 1. The molecule has 1 fully saturated rings. The van der Waals surface area contributed by atoms with E-state index in [9.17, 15) is 18.4 Å². The molecule has 0 aliphatic carbocycles. The van der Waals surface area contributed by atoms with Crippen LogP contribution in [0.25, 0.3) is 0 Å². The molecule has 2 aromatic carbocycles. The number of carbonyl (C=O) groups excluding carboxylic acids is 2. The highest BCUT2D eigenvalue weighted by Crippen LogP contribution is 2.39. The van der Waals surface area contributed by atoms with Crippen molar-refractivity contribution in [2.24, 2.45) is 5.92 Å². The van der Waals surface area contributed by atoms with Crippen molar-refractivity contribution in [3.05, 3.63) is 57.6 Å². The average molecular weight is 470 g/mol.